The van der Waals surface area contributed by atoms with Crippen LogP contribution in [0.1, 0.15) is 30.9 Å². The number of aliphatic hydroxyl groups is 1. The monoisotopic (exact) mass is 580 g/mol. The molecule has 0 spiro atoms. The van der Waals surface area contributed by atoms with Gasteiger partial charge in [0.25, 0.3) is 0 Å². The second kappa shape index (κ2) is 13.7. The molecule has 0 bridgehead atoms. The number of amides is 2. The van der Waals surface area contributed by atoms with E-state index in [9.17, 15) is 14.7 Å². The minimum atomic E-state index is -1.15. The molecule has 1 aliphatic heterocycles. The van der Waals surface area contributed by atoms with E-state index in [-0.39, 0.29) is 17.7 Å². The average Bonchev–Trinajstić information content (AvgIpc) is 3.04. The molecular formula is C35H36N2O4S. The van der Waals surface area contributed by atoms with Gasteiger partial charge in [0.1, 0.15) is 23.1 Å². The Labute approximate surface area is 251 Å². The van der Waals surface area contributed by atoms with Crippen LogP contribution in [0.3, 0.4) is 0 Å². The predicted octanol–water partition coefficient (Wildman–Crippen LogP) is 6.25. The molecular weight excluding hydrogens is 544 g/mol. The maximum atomic E-state index is 13.6. The average molecular weight is 581 g/mol. The number of hydrogen-bond donors (Lipinski definition) is 2. The lowest BCUT2D eigenvalue weighted by atomic mass is 9.72. The Morgan fingerprint density at radius 1 is 0.833 bits per heavy atom. The second-order valence-electron chi connectivity index (χ2n) is 10.5. The van der Waals surface area contributed by atoms with Gasteiger partial charge < -0.3 is 20.1 Å². The van der Waals surface area contributed by atoms with E-state index in [2.05, 4.69) is 5.32 Å². The number of nitrogens with one attached hydrogen (secondary N) is 1. The number of para-hydroxylation sites is 1. The normalized spacial score (nSPS) is 14.7. The Morgan fingerprint density at radius 3 is 1.86 bits per heavy atom. The molecule has 6 nitrogen and oxygen atoms in total. The summed E-state index contributed by atoms with van der Waals surface area (Å²) in [6, 6.07) is 36.2. The van der Waals surface area contributed by atoms with E-state index in [1.165, 1.54) is 18.7 Å². The molecule has 216 valence electrons. The van der Waals surface area contributed by atoms with Crippen LogP contribution in [-0.4, -0.2) is 46.7 Å². The number of carbonyl (C=O) groups is 2. The number of likely N-dealkylation sites (tertiary alicyclic amines) is 1. The summed E-state index contributed by atoms with van der Waals surface area (Å²) in [6.45, 7) is 2.46. The van der Waals surface area contributed by atoms with Crippen molar-refractivity contribution in [3.05, 3.63) is 126 Å². The van der Waals surface area contributed by atoms with Crippen molar-refractivity contribution >= 4 is 23.6 Å². The van der Waals surface area contributed by atoms with Crippen molar-refractivity contribution in [1.82, 2.24) is 10.2 Å². The van der Waals surface area contributed by atoms with E-state index < -0.39 is 11.6 Å². The Morgan fingerprint density at radius 2 is 1.33 bits per heavy atom. The number of ether oxygens (including phenoxy) is 1. The fourth-order valence-corrected chi connectivity index (χ4v) is 6.50. The van der Waals surface area contributed by atoms with E-state index in [0.29, 0.717) is 31.7 Å². The number of piperidine rings is 1. The lowest BCUT2D eigenvalue weighted by Gasteiger charge is -2.43. The van der Waals surface area contributed by atoms with Crippen molar-refractivity contribution < 1.29 is 19.4 Å². The highest BCUT2D eigenvalue weighted by Gasteiger charge is 2.42. The quantitative estimate of drug-likeness (QED) is 0.217. The molecule has 0 aliphatic carbocycles. The van der Waals surface area contributed by atoms with Gasteiger partial charge >= 0.3 is 0 Å². The largest absolute Gasteiger partial charge is 0.457 e. The fourth-order valence-electron chi connectivity index (χ4n) is 5.59. The van der Waals surface area contributed by atoms with Crippen molar-refractivity contribution in [3.8, 4) is 11.5 Å². The van der Waals surface area contributed by atoms with Crippen LogP contribution < -0.4 is 10.1 Å². The van der Waals surface area contributed by atoms with E-state index >= 15 is 0 Å². The summed E-state index contributed by atoms with van der Waals surface area (Å²) in [4.78, 5) is 28.5. The standard InChI is InChI=1S/C35H36N2O4S/c1-26(38)36-33(25-42-32-19-17-31(18-20-32)41-30-15-9-4-10-16-30)34(39)37-23-21-29(22-24-37)35(40,27-11-5-2-6-12-27)28-13-7-3-8-14-28/h2-20,29,33,40H,21-25H2,1H3,(H,36,38). The van der Waals surface area contributed by atoms with Gasteiger partial charge in [-0.25, -0.2) is 0 Å². The summed E-state index contributed by atoms with van der Waals surface area (Å²) in [5.74, 6) is 1.52. The molecule has 1 fully saturated rings. The van der Waals surface area contributed by atoms with E-state index in [0.717, 1.165) is 27.5 Å². The second-order valence-corrected chi connectivity index (χ2v) is 11.6. The Balaban J connectivity index is 1.22. The number of carbonyl (C=O) groups excluding carboxylic acids is 2. The Bertz CT molecular complexity index is 1400. The van der Waals surface area contributed by atoms with E-state index in [4.69, 9.17) is 4.74 Å². The molecule has 4 aromatic rings. The van der Waals surface area contributed by atoms with Gasteiger partial charge in [-0.1, -0.05) is 78.9 Å². The van der Waals surface area contributed by atoms with Crippen LogP contribution in [0.15, 0.2) is 120 Å². The van der Waals surface area contributed by atoms with Crippen molar-refractivity contribution in [2.24, 2.45) is 5.92 Å². The van der Waals surface area contributed by atoms with Gasteiger partial charge in [-0.15, -0.1) is 11.8 Å². The third kappa shape index (κ3) is 7.04. The fraction of sp³-hybridized carbons (Fsp3) is 0.257. The lowest BCUT2D eigenvalue weighted by molar-refractivity contribution is -0.137. The van der Waals surface area contributed by atoms with Gasteiger partial charge in [0, 0.05) is 30.7 Å². The molecule has 1 heterocycles. The molecule has 0 aromatic heterocycles. The van der Waals surface area contributed by atoms with Crippen LogP contribution in [0.4, 0.5) is 0 Å². The lowest BCUT2D eigenvalue weighted by Crippen LogP contribution is -2.53. The maximum Gasteiger partial charge on any atom is 0.246 e. The predicted molar refractivity (Wildman–Crippen MR) is 166 cm³/mol. The highest BCUT2D eigenvalue weighted by atomic mass is 32.2. The highest BCUT2D eigenvalue weighted by molar-refractivity contribution is 7.99. The van der Waals surface area contributed by atoms with Crippen LogP contribution in [0, 0.1) is 5.92 Å². The molecule has 2 N–H and O–H groups in total. The minimum absolute atomic E-state index is 0.0587. The summed E-state index contributed by atoms with van der Waals surface area (Å²) in [7, 11) is 0. The summed E-state index contributed by atoms with van der Waals surface area (Å²) in [6.07, 6.45) is 1.30. The molecule has 4 aromatic carbocycles. The maximum absolute atomic E-state index is 13.6. The first-order chi connectivity index (χ1) is 20.4. The SMILES string of the molecule is CC(=O)NC(CSc1ccc(Oc2ccccc2)cc1)C(=O)N1CCC(C(O)(c2ccccc2)c2ccccc2)CC1. The van der Waals surface area contributed by atoms with Gasteiger partial charge in [-0.2, -0.15) is 0 Å². The van der Waals surface area contributed by atoms with E-state index in [1.54, 1.807) is 0 Å². The van der Waals surface area contributed by atoms with Crippen molar-refractivity contribution in [2.75, 3.05) is 18.8 Å². The summed E-state index contributed by atoms with van der Waals surface area (Å²) in [5, 5.41) is 15.0. The zero-order valence-corrected chi connectivity index (χ0v) is 24.5. The first kappa shape index (κ1) is 29.4. The van der Waals surface area contributed by atoms with Gasteiger partial charge in [0.05, 0.1) is 0 Å². The minimum Gasteiger partial charge on any atom is -0.457 e. The number of nitrogens with zero attached hydrogens (tertiary/aromatic N) is 1. The van der Waals surface area contributed by atoms with Gasteiger partial charge in [-0.05, 0) is 66.3 Å². The van der Waals surface area contributed by atoms with Crippen molar-refractivity contribution in [1.29, 1.82) is 0 Å². The van der Waals surface area contributed by atoms with E-state index in [1.807, 2.05) is 120 Å². The first-order valence-electron chi connectivity index (χ1n) is 14.3. The first-order valence-corrected chi connectivity index (χ1v) is 15.3. The topological polar surface area (TPSA) is 78.9 Å². The highest BCUT2D eigenvalue weighted by Crippen LogP contribution is 2.42. The van der Waals surface area contributed by atoms with Crippen LogP contribution >= 0.6 is 11.8 Å². The number of benzene rings is 4. The van der Waals surface area contributed by atoms with Crippen LogP contribution in [0.5, 0.6) is 11.5 Å². The van der Waals surface area contributed by atoms with Crippen LogP contribution in [0.2, 0.25) is 0 Å². The van der Waals surface area contributed by atoms with Crippen LogP contribution in [-0.2, 0) is 15.2 Å². The molecule has 7 heteroatoms. The Hall–Kier alpha value is -4.07. The number of thioether (sulfide) groups is 1. The zero-order valence-electron chi connectivity index (χ0n) is 23.7. The molecule has 1 unspecified atom stereocenters. The number of rotatable bonds is 10. The summed E-state index contributed by atoms with van der Waals surface area (Å²) in [5.41, 5.74) is 0.559. The molecule has 1 aliphatic rings. The third-order valence-corrected chi connectivity index (χ3v) is 8.83. The summed E-state index contributed by atoms with van der Waals surface area (Å²) < 4.78 is 5.87. The molecule has 5 rings (SSSR count). The molecule has 0 saturated carbocycles. The summed E-state index contributed by atoms with van der Waals surface area (Å²) >= 11 is 1.52. The molecule has 42 heavy (non-hydrogen) atoms. The van der Waals surface area contributed by atoms with Crippen molar-refractivity contribution in [3.63, 3.8) is 0 Å². The molecule has 1 atom stereocenters. The van der Waals surface area contributed by atoms with Crippen molar-refractivity contribution in [2.45, 2.75) is 36.3 Å². The molecule has 1 saturated heterocycles. The molecule has 2 amide bonds. The zero-order chi connectivity index (χ0) is 29.4. The van der Waals surface area contributed by atoms with Gasteiger partial charge in [0.2, 0.25) is 11.8 Å². The Kier molecular flexibility index (Phi) is 9.62. The van der Waals surface area contributed by atoms with Gasteiger partial charge in [-0.3, -0.25) is 9.59 Å². The van der Waals surface area contributed by atoms with Crippen LogP contribution in [0.25, 0.3) is 0 Å². The smallest absolute Gasteiger partial charge is 0.246 e. The third-order valence-electron chi connectivity index (χ3n) is 7.72. The number of hydrogen-bond acceptors (Lipinski definition) is 5. The molecule has 0 radical (unpaired) electrons. The van der Waals surface area contributed by atoms with Gasteiger partial charge in [0.15, 0.2) is 0 Å².